The van der Waals surface area contributed by atoms with Gasteiger partial charge in [-0.05, 0) is 30.5 Å². The van der Waals surface area contributed by atoms with Crippen molar-refractivity contribution >= 4 is 10.9 Å². The van der Waals surface area contributed by atoms with Gasteiger partial charge in [0.15, 0.2) is 0 Å². The normalized spacial score (nSPS) is 10.7. The number of para-hydroxylation sites is 1. The summed E-state index contributed by atoms with van der Waals surface area (Å²) in [5, 5.41) is 1.26. The minimum atomic E-state index is 1.09. The minimum absolute atomic E-state index is 1.09. The number of hydrogen-bond acceptors (Lipinski definition) is 1. The van der Waals surface area contributed by atoms with Crippen molar-refractivity contribution in [2.45, 2.75) is 32.6 Å². The van der Waals surface area contributed by atoms with E-state index in [1.54, 1.807) is 0 Å². The van der Waals surface area contributed by atoms with Crippen LogP contribution in [0.5, 0.6) is 0 Å². The van der Waals surface area contributed by atoms with E-state index >= 15 is 0 Å². The molecule has 1 nitrogen and oxygen atoms in total. The van der Waals surface area contributed by atoms with Crippen LogP contribution in [0.3, 0.4) is 0 Å². The first kappa shape index (κ1) is 10.2. The van der Waals surface area contributed by atoms with Crippen LogP contribution < -0.4 is 0 Å². The second-order valence-corrected chi connectivity index (χ2v) is 3.99. The number of hydrogen-bond donors (Lipinski definition) is 0. The fraction of sp³-hybridized carbons (Fsp3) is 0.357. The molecule has 0 saturated heterocycles. The summed E-state index contributed by atoms with van der Waals surface area (Å²) in [6.07, 6.45) is 7.04. The Morgan fingerprint density at radius 3 is 2.87 bits per heavy atom. The lowest BCUT2D eigenvalue weighted by molar-refractivity contribution is 0.716. The molecule has 15 heavy (non-hydrogen) atoms. The Hall–Kier alpha value is -1.37. The van der Waals surface area contributed by atoms with Crippen molar-refractivity contribution < 1.29 is 0 Å². The zero-order valence-corrected chi connectivity index (χ0v) is 9.24. The molecule has 0 aliphatic rings. The minimum Gasteiger partial charge on any atom is -0.256 e. The molecule has 1 heterocycles. The van der Waals surface area contributed by atoms with Crippen molar-refractivity contribution in [2.75, 3.05) is 0 Å². The number of nitrogens with zero attached hydrogens (tertiary/aromatic N) is 1. The van der Waals surface area contributed by atoms with Gasteiger partial charge < -0.3 is 0 Å². The number of pyridine rings is 1. The monoisotopic (exact) mass is 199 g/mol. The molecular weight excluding hydrogens is 182 g/mol. The zero-order chi connectivity index (χ0) is 10.5. The van der Waals surface area contributed by atoms with Crippen LogP contribution in [0.2, 0.25) is 0 Å². The van der Waals surface area contributed by atoms with Gasteiger partial charge in [-0.15, -0.1) is 0 Å². The second kappa shape index (κ2) is 4.92. The van der Waals surface area contributed by atoms with Crippen molar-refractivity contribution in [1.29, 1.82) is 0 Å². The van der Waals surface area contributed by atoms with Crippen molar-refractivity contribution in [1.82, 2.24) is 4.98 Å². The average molecular weight is 199 g/mol. The first-order valence-corrected chi connectivity index (χ1v) is 5.74. The van der Waals surface area contributed by atoms with Gasteiger partial charge in [0.1, 0.15) is 0 Å². The summed E-state index contributed by atoms with van der Waals surface area (Å²) in [6.45, 7) is 2.23. The number of unbranched alkanes of at least 4 members (excludes halogenated alkanes) is 2. The molecule has 0 atom stereocenters. The van der Waals surface area contributed by atoms with Crippen LogP contribution in [0, 0.1) is 0 Å². The quantitative estimate of drug-likeness (QED) is 0.679. The summed E-state index contributed by atoms with van der Waals surface area (Å²) >= 11 is 0. The Bertz CT molecular complexity index is 434. The fourth-order valence-electron chi connectivity index (χ4n) is 1.83. The van der Waals surface area contributed by atoms with E-state index < -0.39 is 0 Å². The number of rotatable bonds is 4. The lowest BCUT2D eigenvalue weighted by Crippen LogP contribution is -1.88. The smallest absolute Gasteiger partial charge is 0.0702 e. The number of aryl methyl sites for hydroxylation is 1. The number of fused-ring (bicyclic) bond motifs is 1. The van der Waals surface area contributed by atoms with Crippen LogP contribution in [0.4, 0.5) is 0 Å². The Kier molecular flexibility index (Phi) is 3.33. The Morgan fingerprint density at radius 1 is 1.13 bits per heavy atom. The van der Waals surface area contributed by atoms with Gasteiger partial charge >= 0.3 is 0 Å². The van der Waals surface area contributed by atoms with E-state index in [1.165, 1.54) is 30.2 Å². The van der Waals surface area contributed by atoms with Gasteiger partial charge in [0.05, 0.1) is 5.52 Å². The maximum Gasteiger partial charge on any atom is 0.0702 e. The molecule has 1 aromatic heterocycles. The zero-order valence-electron chi connectivity index (χ0n) is 9.24. The highest BCUT2D eigenvalue weighted by atomic mass is 14.6. The maximum atomic E-state index is 4.46. The molecule has 0 radical (unpaired) electrons. The molecular formula is C14H17N. The van der Waals surface area contributed by atoms with Crippen LogP contribution in [0.15, 0.2) is 36.5 Å². The highest BCUT2D eigenvalue weighted by molar-refractivity contribution is 5.78. The second-order valence-electron chi connectivity index (χ2n) is 3.99. The van der Waals surface area contributed by atoms with Crippen molar-refractivity contribution in [3.8, 4) is 0 Å². The largest absolute Gasteiger partial charge is 0.256 e. The topological polar surface area (TPSA) is 12.9 Å². The molecule has 2 rings (SSSR count). The Balaban J connectivity index is 2.16. The molecule has 0 amide bonds. The van der Waals surface area contributed by atoms with E-state index in [0.717, 1.165) is 11.9 Å². The molecule has 0 aliphatic carbocycles. The third kappa shape index (κ3) is 2.56. The molecule has 0 aliphatic heterocycles. The molecule has 78 valence electrons. The highest BCUT2D eigenvalue weighted by Crippen LogP contribution is 2.14. The maximum absolute atomic E-state index is 4.46. The summed E-state index contributed by atoms with van der Waals surface area (Å²) in [5.41, 5.74) is 2.46. The van der Waals surface area contributed by atoms with Crippen LogP contribution in [0.25, 0.3) is 10.9 Å². The summed E-state index contributed by atoms with van der Waals surface area (Å²) < 4.78 is 0. The average Bonchev–Trinajstić information content (AvgIpc) is 2.29. The Morgan fingerprint density at radius 2 is 2.00 bits per heavy atom. The van der Waals surface area contributed by atoms with Crippen molar-refractivity contribution in [2.24, 2.45) is 0 Å². The van der Waals surface area contributed by atoms with E-state index in [1.807, 2.05) is 12.3 Å². The van der Waals surface area contributed by atoms with Crippen molar-refractivity contribution in [3.63, 3.8) is 0 Å². The molecule has 0 unspecified atom stereocenters. The van der Waals surface area contributed by atoms with E-state index in [4.69, 9.17) is 0 Å². The molecule has 0 N–H and O–H groups in total. The summed E-state index contributed by atoms with van der Waals surface area (Å²) in [7, 11) is 0. The predicted octanol–water partition coefficient (Wildman–Crippen LogP) is 3.97. The van der Waals surface area contributed by atoms with Crippen molar-refractivity contribution in [3.05, 3.63) is 42.1 Å². The highest BCUT2D eigenvalue weighted by Gasteiger charge is 1.96. The summed E-state index contributed by atoms with van der Waals surface area (Å²) in [6, 6.07) is 10.6. The Labute approximate surface area is 91.2 Å². The standard InChI is InChI=1S/C14H17N/c1-2-3-4-7-12-10-13-8-5-6-9-14(13)15-11-12/h5-6,8-11H,2-4,7H2,1H3. The number of benzene rings is 1. The van der Waals surface area contributed by atoms with Crippen LogP contribution in [-0.4, -0.2) is 4.98 Å². The lowest BCUT2D eigenvalue weighted by atomic mass is 10.1. The predicted molar refractivity (Wildman–Crippen MR) is 65.0 cm³/mol. The summed E-state index contributed by atoms with van der Waals surface area (Å²) in [5.74, 6) is 0. The number of aromatic nitrogens is 1. The van der Waals surface area contributed by atoms with Gasteiger partial charge in [-0.25, -0.2) is 0 Å². The SMILES string of the molecule is CCCCCc1cnc2ccccc2c1. The van der Waals surface area contributed by atoms with E-state index in [2.05, 4.69) is 36.2 Å². The molecule has 1 aromatic carbocycles. The van der Waals surface area contributed by atoms with E-state index in [9.17, 15) is 0 Å². The van der Waals surface area contributed by atoms with Gasteiger partial charge in [0.25, 0.3) is 0 Å². The van der Waals surface area contributed by atoms with Crippen LogP contribution in [-0.2, 0) is 6.42 Å². The molecule has 0 saturated carbocycles. The van der Waals surface area contributed by atoms with Gasteiger partial charge in [-0.3, -0.25) is 4.98 Å². The van der Waals surface area contributed by atoms with Gasteiger partial charge in [0, 0.05) is 11.6 Å². The van der Waals surface area contributed by atoms with Gasteiger partial charge in [-0.1, -0.05) is 38.0 Å². The summed E-state index contributed by atoms with van der Waals surface area (Å²) in [4.78, 5) is 4.46. The molecule has 0 spiro atoms. The first-order valence-electron chi connectivity index (χ1n) is 5.74. The van der Waals surface area contributed by atoms with Crippen LogP contribution >= 0.6 is 0 Å². The molecule has 0 bridgehead atoms. The van der Waals surface area contributed by atoms with Gasteiger partial charge in [-0.2, -0.15) is 0 Å². The molecule has 2 aromatic rings. The third-order valence-corrected chi connectivity index (χ3v) is 2.72. The molecule has 1 heteroatoms. The fourth-order valence-corrected chi connectivity index (χ4v) is 1.83. The molecule has 0 fully saturated rings. The first-order chi connectivity index (χ1) is 7.40. The van der Waals surface area contributed by atoms with Gasteiger partial charge in [0.2, 0.25) is 0 Å². The third-order valence-electron chi connectivity index (χ3n) is 2.72. The van der Waals surface area contributed by atoms with Crippen LogP contribution in [0.1, 0.15) is 31.7 Å². The van der Waals surface area contributed by atoms with E-state index in [-0.39, 0.29) is 0 Å². The van der Waals surface area contributed by atoms with E-state index in [0.29, 0.717) is 0 Å². The lowest BCUT2D eigenvalue weighted by Gasteiger charge is -2.02.